The van der Waals surface area contributed by atoms with Gasteiger partial charge in [-0.15, -0.1) is 0 Å². The number of aromatic nitrogens is 2. The molecule has 1 atom stereocenters. The van der Waals surface area contributed by atoms with Crippen LogP contribution in [-0.4, -0.2) is 40.0 Å². The molecule has 4 nitrogen and oxygen atoms in total. The Balaban J connectivity index is 2.16. The molecule has 0 aromatic carbocycles. The third-order valence-electron chi connectivity index (χ3n) is 3.11. The zero-order valence-corrected chi connectivity index (χ0v) is 11.6. The molecule has 0 aliphatic carbocycles. The highest BCUT2D eigenvalue weighted by atomic mass is 35.5. The summed E-state index contributed by atoms with van der Waals surface area (Å²) >= 11 is 11.3. The van der Waals surface area contributed by atoms with Gasteiger partial charge in [0.15, 0.2) is 0 Å². The van der Waals surface area contributed by atoms with Crippen molar-refractivity contribution in [3.05, 3.63) is 22.2 Å². The maximum absolute atomic E-state index is 12.7. The highest BCUT2D eigenvalue weighted by Gasteiger charge is 2.43. The van der Waals surface area contributed by atoms with E-state index in [1.165, 1.54) is 0 Å². The Bertz CT molecular complexity index is 524. The molecule has 0 bridgehead atoms. The Kier molecular flexibility index (Phi) is 4.39. The molecule has 1 aliphatic rings. The van der Waals surface area contributed by atoms with Crippen LogP contribution in [0.5, 0.6) is 0 Å². The molecule has 0 radical (unpaired) electrons. The molecule has 1 unspecified atom stereocenters. The number of hydrogen-bond acceptors (Lipinski definition) is 3. The minimum absolute atomic E-state index is 0.0259. The van der Waals surface area contributed by atoms with Crippen molar-refractivity contribution in [3.63, 3.8) is 0 Å². The maximum Gasteiger partial charge on any atom is 0.393 e. The van der Waals surface area contributed by atoms with Crippen molar-refractivity contribution in [2.24, 2.45) is 5.92 Å². The number of carbonyl (C=O) groups is 1. The van der Waals surface area contributed by atoms with Gasteiger partial charge in [-0.3, -0.25) is 4.79 Å². The van der Waals surface area contributed by atoms with E-state index < -0.39 is 18.0 Å². The van der Waals surface area contributed by atoms with Crippen molar-refractivity contribution < 1.29 is 18.0 Å². The van der Waals surface area contributed by atoms with Crippen LogP contribution in [0.1, 0.15) is 23.2 Å². The number of halogens is 5. The molecule has 1 aliphatic heterocycles. The van der Waals surface area contributed by atoms with Crippen LogP contribution in [0, 0.1) is 5.92 Å². The summed E-state index contributed by atoms with van der Waals surface area (Å²) in [5, 5.41) is -0.289. The van der Waals surface area contributed by atoms with Crippen LogP contribution in [-0.2, 0) is 0 Å². The first-order valence-corrected chi connectivity index (χ1v) is 6.58. The SMILES string of the molecule is O=C(c1cnc(Cl)nc1Cl)N1CCCC(C(F)(F)F)C1. The average Bonchev–Trinajstić information content (AvgIpc) is 2.37. The molecular formula is C11H10Cl2F3N3O. The van der Waals surface area contributed by atoms with Crippen LogP contribution in [0.25, 0.3) is 0 Å². The summed E-state index contributed by atoms with van der Waals surface area (Å²) in [6.45, 7) is -0.119. The lowest BCUT2D eigenvalue weighted by molar-refractivity contribution is -0.184. The fraction of sp³-hybridized carbons (Fsp3) is 0.545. The van der Waals surface area contributed by atoms with Crippen molar-refractivity contribution in [2.75, 3.05) is 13.1 Å². The highest BCUT2D eigenvalue weighted by Crippen LogP contribution is 2.33. The van der Waals surface area contributed by atoms with Crippen molar-refractivity contribution in [1.29, 1.82) is 0 Å². The summed E-state index contributed by atoms with van der Waals surface area (Å²) in [7, 11) is 0. The lowest BCUT2D eigenvalue weighted by Crippen LogP contribution is -2.44. The minimum Gasteiger partial charge on any atom is -0.338 e. The predicted molar refractivity (Wildman–Crippen MR) is 66.7 cm³/mol. The van der Waals surface area contributed by atoms with Gasteiger partial charge in [-0.25, -0.2) is 9.97 Å². The van der Waals surface area contributed by atoms with Crippen LogP contribution < -0.4 is 0 Å². The Labute approximate surface area is 122 Å². The third kappa shape index (κ3) is 3.32. The summed E-state index contributed by atoms with van der Waals surface area (Å²) in [5.41, 5.74) is -0.0427. The summed E-state index contributed by atoms with van der Waals surface area (Å²) in [5.74, 6) is -2.12. The Hall–Kier alpha value is -1.08. The zero-order valence-electron chi connectivity index (χ0n) is 10.1. The topological polar surface area (TPSA) is 46.1 Å². The first-order valence-electron chi connectivity index (χ1n) is 5.83. The standard InChI is InChI=1S/C11H10Cl2F3N3O/c12-8-7(4-17-10(13)18-8)9(20)19-3-1-2-6(5-19)11(14,15)16/h4,6H,1-3,5H2. The molecule has 20 heavy (non-hydrogen) atoms. The number of alkyl halides is 3. The Morgan fingerprint density at radius 3 is 2.70 bits per heavy atom. The second-order valence-electron chi connectivity index (χ2n) is 4.48. The fourth-order valence-electron chi connectivity index (χ4n) is 2.08. The van der Waals surface area contributed by atoms with Crippen molar-refractivity contribution in [3.8, 4) is 0 Å². The molecule has 1 amide bonds. The molecule has 0 spiro atoms. The minimum atomic E-state index is -4.31. The third-order valence-corrected chi connectivity index (χ3v) is 3.58. The first kappa shape index (κ1) is 15.3. The van der Waals surface area contributed by atoms with Crippen molar-refractivity contribution >= 4 is 29.1 Å². The normalized spacial score (nSPS) is 20.1. The summed E-state index contributed by atoms with van der Waals surface area (Å²) in [4.78, 5) is 20.5. The molecule has 0 saturated carbocycles. The van der Waals surface area contributed by atoms with E-state index in [0.717, 1.165) is 11.1 Å². The molecule has 0 N–H and O–H groups in total. The molecule has 9 heteroatoms. The second-order valence-corrected chi connectivity index (χ2v) is 5.17. The van der Waals surface area contributed by atoms with Crippen molar-refractivity contribution in [2.45, 2.75) is 19.0 Å². The number of nitrogens with zero attached hydrogens (tertiary/aromatic N) is 3. The van der Waals surface area contributed by atoms with E-state index in [-0.39, 0.29) is 35.5 Å². The van der Waals surface area contributed by atoms with Gasteiger partial charge in [0.1, 0.15) is 5.15 Å². The number of carbonyl (C=O) groups excluding carboxylic acids is 1. The summed E-state index contributed by atoms with van der Waals surface area (Å²) in [6, 6.07) is 0. The number of piperidine rings is 1. The van der Waals surface area contributed by atoms with Gasteiger partial charge in [0.05, 0.1) is 11.5 Å². The predicted octanol–water partition coefficient (Wildman–Crippen LogP) is 3.20. The Morgan fingerprint density at radius 1 is 1.40 bits per heavy atom. The van der Waals surface area contributed by atoms with Gasteiger partial charge in [0.25, 0.3) is 5.91 Å². The van der Waals surface area contributed by atoms with Gasteiger partial charge in [-0.1, -0.05) is 11.6 Å². The molecule has 2 rings (SSSR count). The smallest absolute Gasteiger partial charge is 0.338 e. The van der Waals surface area contributed by atoms with Gasteiger partial charge in [0, 0.05) is 19.3 Å². The van der Waals surface area contributed by atoms with Crippen LogP contribution >= 0.6 is 23.2 Å². The summed E-state index contributed by atoms with van der Waals surface area (Å²) in [6.07, 6.45) is -2.86. The monoisotopic (exact) mass is 327 g/mol. The highest BCUT2D eigenvalue weighted by molar-refractivity contribution is 6.34. The van der Waals surface area contributed by atoms with Crippen LogP contribution in [0.3, 0.4) is 0 Å². The Morgan fingerprint density at radius 2 is 2.10 bits per heavy atom. The van der Waals surface area contributed by atoms with E-state index >= 15 is 0 Å². The van der Waals surface area contributed by atoms with E-state index in [1.54, 1.807) is 0 Å². The van der Waals surface area contributed by atoms with Crippen LogP contribution in [0.4, 0.5) is 13.2 Å². The number of rotatable bonds is 1. The second kappa shape index (κ2) is 5.73. The number of amides is 1. The molecule has 2 heterocycles. The lowest BCUT2D eigenvalue weighted by atomic mass is 9.97. The molecule has 1 fully saturated rings. The first-order chi connectivity index (χ1) is 9.29. The van der Waals surface area contributed by atoms with Crippen LogP contribution in [0.15, 0.2) is 6.20 Å². The van der Waals surface area contributed by atoms with E-state index in [9.17, 15) is 18.0 Å². The number of hydrogen-bond donors (Lipinski definition) is 0. The average molecular weight is 328 g/mol. The van der Waals surface area contributed by atoms with E-state index in [1.807, 2.05) is 0 Å². The van der Waals surface area contributed by atoms with E-state index in [4.69, 9.17) is 23.2 Å². The van der Waals surface area contributed by atoms with Gasteiger partial charge < -0.3 is 4.90 Å². The molecule has 1 saturated heterocycles. The van der Waals surface area contributed by atoms with E-state index in [2.05, 4.69) is 9.97 Å². The van der Waals surface area contributed by atoms with Gasteiger partial charge >= 0.3 is 6.18 Å². The van der Waals surface area contributed by atoms with Gasteiger partial charge in [-0.05, 0) is 24.4 Å². The van der Waals surface area contributed by atoms with Crippen LogP contribution in [0.2, 0.25) is 10.4 Å². The molecular weight excluding hydrogens is 318 g/mol. The number of likely N-dealkylation sites (tertiary alicyclic amines) is 1. The zero-order chi connectivity index (χ0) is 14.9. The fourth-order valence-corrected chi connectivity index (χ4v) is 2.47. The van der Waals surface area contributed by atoms with Gasteiger partial charge in [0.2, 0.25) is 5.28 Å². The molecule has 110 valence electrons. The summed E-state index contributed by atoms with van der Waals surface area (Å²) < 4.78 is 38.1. The maximum atomic E-state index is 12.7. The van der Waals surface area contributed by atoms with Crippen molar-refractivity contribution in [1.82, 2.24) is 14.9 Å². The largest absolute Gasteiger partial charge is 0.393 e. The van der Waals surface area contributed by atoms with E-state index in [0.29, 0.717) is 6.42 Å². The lowest BCUT2D eigenvalue weighted by Gasteiger charge is -2.33. The quantitative estimate of drug-likeness (QED) is 0.587. The molecule has 1 aromatic rings. The molecule has 1 aromatic heterocycles. The van der Waals surface area contributed by atoms with Gasteiger partial charge in [-0.2, -0.15) is 13.2 Å².